The summed E-state index contributed by atoms with van der Waals surface area (Å²) < 4.78 is 5.98. The standard InChI is InChI=1S/C14H11BrClNO2/c15-10-3-6-13(17)12(7-10)14(18)19-8-9-1-4-11(16)5-2-9/h1-7H,8,17H2. The van der Waals surface area contributed by atoms with Crippen molar-refractivity contribution in [2.45, 2.75) is 6.61 Å². The van der Waals surface area contributed by atoms with Gasteiger partial charge in [0.15, 0.2) is 0 Å². The van der Waals surface area contributed by atoms with E-state index in [0.717, 1.165) is 10.0 Å². The van der Waals surface area contributed by atoms with E-state index in [1.165, 1.54) is 0 Å². The van der Waals surface area contributed by atoms with Crippen molar-refractivity contribution in [3.05, 3.63) is 63.1 Å². The number of rotatable bonds is 3. The van der Waals surface area contributed by atoms with Crippen LogP contribution >= 0.6 is 27.5 Å². The first-order chi connectivity index (χ1) is 9.06. The molecule has 0 radical (unpaired) electrons. The number of anilines is 1. The third kappa shape index (κ3) is 3.72. The molecule has 2 rings (SSSR count). The Kier molecular flexibility index (Phi) is 4.45. The molecule has 0 fully saturated rings. The lowest BCUT2D eigenvalue weighted by Crippen LogP contribution is -2.08. The number of carbonyl (C=O) groups is 1. The molecule has 0 unspecified atom stereocenters. The van der Waals surface area contributed by atoms with Gasteiger partial charge in [-0.3, -0.25) is 0 Å². The molecule has 98 valence electrons. The van der Waals surface area contributed by atoms with E-state index >= 15 is 0 Å². The van der Waals surface area contributed by atoms with Crippen molar-refractivity contribution in [2.75, 3.05) is 5.73 Å². The molecule has 0 heterocycles. The van der Waals surface area contributed by atoms with Crippen LogP contribution in [0, 0.1) is 0 Å². The molecule has 0 aliphatic heterocycles. The van der Waals surface area contributed by atoms with Gasteiger partial charge in [-0.25, -0.2) is 4.79 Å². The highest BCUT2D eigenvalue weighted by molar-refractivity contribution is 9.10. The molecule has 0 aromatic heterocycles. The third-order valence-corrected chi connectivity index (χ3v) is 3.26. The Morgan fingerprint density at radius 1 is 1.21 bits per heavy atom. The number of carbonyl (C=O) groups excluding carboxylic acids is 1. The lowest BCUT2D eigenvalue weighted by molar-refractivity contribution is 0.0474. The second-order valence-electron chi connectivity index (χ2n) is 3.93. The van der Waals surface area contributed by atoms with Crippen LogP contribution in [0.2, 0.25) is 5.02 Å². The fourth-order valence-electron chi connectivity index (χ4n) is 1.51. The van der Waals surface area contributed by atoms with Gasteiger partial charge in [0.2, 0.25) is 0 Å². The van der Waals surface area contributed by atoms with Gasteiger partial charge < -0.3 is 10.5 Å². The molecule has 2 aromatic rings. The zero-order valence-electron chi connectivity index (χ0n) is 9.90. The molecular weight excluding hydrogens is 330 g/mol. The maximum Gasteiger partial charge on any atom is 0.340 e. The fraction of sp³-hybridized carbons (Fsp3) is 0.0714. The Bertz CT molecular complexity index is 599. The highest BCUT2D eigenvalue weighted by atomic mass is 79.9. The van der Waals surface area contributed by atoms with Crippen molar-refractivity contribution in [1.82, 2.24) is 0 Å². The van der Waals surface area contributed by atoms with Gasteiger partial charge in [-0.15, -0.1) is 0 Å². The number of hydrogen-bond donors (Lipinski definition) is 1. The summed E-state index contributed by atoms with van der Waals surface area (Å²) in [6.45, 7) is 0.182. The Balaban J connectivity index is 2.05. The molecule has 0 aliphatic carbocycles. The van der Waals surface area contributed by atoms with Gasteiger partial charge >= 0.3 is 5.97 Å². The number of benzene rings is 2. The Morgan fingerprint density at radius 3 is 2.58 bits per heavy atom. The summed E-state index contributed by atoms with van der Waals surface area (Å²) in [5, 5.41) is 0.645. The van der Waals surface area contributed by atoms with E-state index in [1.54, 1.807) is 42.5 Å². The van der Waals surface area contributed by atoms with Crippen LogP contribution in [0.3, 0.4) is 0 Å². The van der Waals surface area contributed by atoms with E-state index in [0.29, 0.717) is 16.3 Å². The summed E-state index contributed by atoms with van der Waals surface area (Å²) in [4.78, 5) is 11.9. The minimum atomic E-state index is -0.450. The Labute approximate surface area is 124 Å². The largest absolute Gasteiger partial charge is 0.457 e. The third-order valence-electron chi connectivity index (χ3n) is 2.52. The van der Waals surface area contributed by atoms with Crippen LogP contribution in [0.1, 0.15) is 15.9 Å². The first kappa shape index (κ1) is 13.9. The average molecular weight is 341 g/mol. The zero-order chi connectivity index (χ0) is 13.8. The molecular formula is C14H11BrClNO2. The smallest absolute Gasteiger partial charge is 0.340 e. The molecule has 0 spiro atoms. The van der Waals surface area contributed by atoms with Crippen LogP contribution in [0.4, 0.5) is 5.69 Å². The first-order valence-corrected chi connectivity index (χ1v) is 6.70. The molecule has 2 aromatic carbocycles. The van der Waals surface area contributed by atoms with Gasteiger partial charge in [0.25, 0.3) is 0 Å². The average Bonchev–Trinajstić information content (AvgIpc) is 2.40. The summed E-state index contributed by atoms with van der Waals surface area (Å²) in [6.07, 6.45) is 0. The van der Waals surface area contributed by atoms with Crippen LogP contribution < -0.4 is 5.73 Å². The van der Waals surface area contributed by atoms with Crippen LogP contribution in [-0.2, 0) is 11.3 Å². The van der Waals surface area contributed by atoms with Crippen molar-refractivity contribution in [2.24, 2.45) is 0 Å². The summed E-state index contributed by atoms with van der Waals surface area (Å²) in [6, 6.07) is 12.2. The van der Waals surface area contributed by atoms with E-state index in [9.17, 15) is 4.79 Å². The number of halogens is 2. The Morgan fingerprint density at radius 2 is 1.89 bits per heavy atom. The van der Waals surface area contributed by atoms with Gasteiger partial charge in [0, 0.05) is 15.2 Å². The lowest BCUT2D eigenvalue weighted by Gasteiger charge is -2.07. The summed E-state index contributed by atoms with van der Waals surface area (Å²) >= 11 is 9.07. The molecule has 2 N–H and O–H groups in total. The topological polar surface area (TPSA) is 52.3 Å². The van der Waals surface area contributed by atoms with Gasteiger partial charge in [-0.2, -0.15) is 0 Å². The highest BCUT2D eigenvalue weighted by Gasteiger charge is 2.11. The minimum absolute atomic E-state index is 0.182. The molecule has 0 saturated heterocycles. The SMILES string of the molecule is Nc1ccc(Br)cc1C(=O)OCc1ccc(Cl)cc1. The highest BCUT2D eigenvalue weighted by Crippen LogP contribution is 2.20. The maximum atomic E-state index is 11.9. The quantitative estimate of drug-likeness (QED) is 0.677. The normalized spacial score (nSPS) is 10.2. The van der Waals surface area contributed by atoms with Gasteiger partial charge in [-0.05, 0) is 35.9 Å². The van der Waals surface area contributed by atoms with E-state index in [2.05, 4.69) is 15.9 Å². The van der Waals surface area contributed by atoms with Crippen molar-refractivity contribution in [1.29, 1.82) is 0 Å². The van der Waals surface area contributed by atoms with Crippen LogP contribution in [0.5, 0.6) is 0 Å². The molecule has 0 bridgehead atoms. The second-order valence-corrected chi connectivity index (χ2v) is 5.29. The summed E-state index contributed by atoms with van der Waals surface area (Å²) in [5.41, 5.74) is 7.35. The molecule has 19 heavy (non-hydrogen) atoms. The molecule has 0 aliphatic rings. The van der Waals surface area contributed by atoms with Gasteiger partial charge in [0.05, 0.1) is 5.56 Å². The molecule has 0 saturated carbocycles. The molecule has 5 heteroatoms. The molecule has 3 nitrogen and oxygen atoms in total. The number of esters is 1. The second kappa shape index (κ2) is 6.08. The van der Waals surface area contributed by atoms with Crippen molar-refractivity contribution in [3.63, 3.8) is 0 Å². The summed E-state index contributed by atoms with van der Waals surface area (Å²) in [5.74, 6) is -0.450. The predicted octanol–water partition coefficient (Wildman–Crippen LogP) is 4.04. The predicted molar refractivity (Wildman–Crippen MR) is 79.1 cm³/mol. The summed E-state index contributed by atoms with van der Waals surface area (Å²) in [7, 11) is 0. The first-order valence-electron chi connectivity index (χ1n) is 5.53. The lowest BCUT2D eigenvalue weighted by atomic mass is 10.2. The molecule has 0 amide bonds. The van der Waals surface area contributed by atoms with E-state index in [4.69, 9.17) is 22.1 Å². The van der Waals surface area contributed by atoms with E-state index in [1.807, 2.05) is 0 Å². The van der Waals surface area contributed by atoms with Gasteiger partial charge in [0.1, 0.15) is 6.61 Å². The fourth-order valence-corrected chi connectivity index (χ4v) is 2.00. The number of hydrogen-bond acceptors (Lipinski definition) is 3. The molecule has 0 atom stereocenters. The number of ether oxygens (including phenoxy) is 1. The van der Waals surface area contributed by atoms with Crippen LogP contribution in [-0.4, -0.2) is 5.97 Å². The monoisotopic (exact) mass is 339 g/mol. The number of nitrogens with two attached hydrogens (primary N) is 1. The van der Waals surface area contributed by atoms with Crippen LogP contribution in [0.25, 0.3) is 0 Å². The van der Waals surface area contributed by atoms with Crippen molar-refractivity contribution < 1.29 is 9.53 Å². The van der Waals surface area contributed by atoms with E-state index in [-0.39, 0.29) is 6.61 Å². The van der Waals surface area contributed by atoms with Crippen molar-refractivity contribution >= 4 is 39.2 Å². The van der Waals surface area contributed by atoms with Crippen LogP contribution in [0.15, 0.2) is 46.9 Å². The van der Waals surface area contributed by atoms with Crippen molar-refractivity contribution in [3.8, 4) is 0 Å². The Hall–Kier alpha value is -1.52. The minimum Gasteiger partial charge on any atom is -0.457 e. The number of nitrogen functional groups attached to an aromatic ring is 1. The zero-order valence-corrected chi connectivity index (χ0v) is 12.2. The van der Waals surface area contributed by atoms with E-state index < -0.39 is 5.97 Å². The van der Waals surface area contributed by atoms with Gasteiger partial charge in [-0.1, -0.05) is 39.7 Å². The maximum absolute atomic E-state index is 11.9.